The van der Waals surface area contributed by atoms with Crippen molar-refractivity contribution >= 4 is 5.69 Å². The molecule has 0 N–H and O–H groups in total. The van der Waals surface area contributed by atoms with E-state index in [0.717, 1.165) is 30.8 Å². The van der Waals surface area contributed by atoms with Gasteiger partial charge < -0.3 is 9.30 Å². The fourth-order valence-corrected chi connectivity index (χ4v) is 2.15. The number of hydrogen-bond acceptors (Lipinski definition) is 3. The number of methoxy groups -OCH3 is 1. The summed E-state index contributed by atoms with van der Waals surface area (Å²) in [7, 11) is 1.48. The summed E-state index contributed by atoms with van der Waals surface area (Å²) in [5.41, 5.74) is 1.83. The number of hydrogen-bond donors (Lipinski definition) is 0. The van der Waals surface area contributed by atoms with Crippen molar-refractivity contribution in [3.05, 3.63) is 21.5 Å². The Morgan fingerprint density at radius 2 is 2.29 bits per heavy atom. The van der Waals surface area contributed by atoms with Crippen LogP contribution in [0.1, 0.15) is 17.8 Å². The molecule has 0 spiro atoms. The third-order valence-corrected chi connectivity index (χ3v) is 2.73. The molecule has 1 aromatic rings. The maximum absolute atomic E-state index is 10.9. The Kier molecular flexibility index (Phi) is 1.94. The number of nitrogens with zero attached hydrogens (tertiary/aromatic N) is 2. The van der Waals surface area contributed by atoms with Gasteiger partial charge in [0.1, 0.15) is 5.69 Å². The third-order valence-electron chi connectivity index (χ3n) is 2.73. The van der Waals surface area contributed by atoms with E-state index >= 15 is 0 Å². The maximum Gasteiger partial charge on any atom is 0.331 e. The van der Waals surface area contributed by atoms with Crippen LogP contribution < -0.4 is 4.74 Å². The van der Waals surface area contributed by atoms with Crippen LogP contribution in [-0.4, -0.2) is 16.6 Å². The van der Waals surface area contributed by atoms with Gasteiger partial charge in [-0.05, 0) is 19.8 Å². The lowest BCUT2D eigenvalue weighted by molar-refractivity contribution is -0.386. The molecule has 14 heavy (non-hydrogen) atoms. The molecule has 0 bridgehead atoms. The molecular formula is C9H12N2O3. The Balaban J connectivity index is 2.66. The molecule has 0 aliphatic carbocycles. The summed E-state index contributed by atoms with van der Waals surface area (Å²) < 4.78 is 7.06. The smallest absolute Gasteiger partial charge is 0.331 e. The first-order valence-corrected chi connectivity index (χ1v) is 4.57. The highest BCUT2D eigenvalue weighted by Crippen LogP contribution is 2.40. The average molecular weight is 196 g/mol. The second-order valence-electron chi connectivity index (χ2n) is 3.43. The fourth-order valence-electron chi connectivity index (χ4n) is 2.15. The quantitative estimate of drug-likeness (QED) is 0.534. The van der Waals surface area contributed by atoms with Crippen LogP contribution in [0.25, 0.3) is 0 Å². The average Bonchev–Trinajstić information content (AvgIpc) is 2.67. The van der Waals surface area contributed by atoms with E-state index in [1.54, 1.807) is 0 Å². The van der Waals surface area contributed by atoms with Gasteiger partial charge in [0, 0.05) is 6.54 Å². The number of fused-ring (bicyclic) bond motifs is 1. The molecule has 1 aliphatic rings. The summed E-state index contributed by atoms with van der Waals surface area (Å²) in [5, 5.41) is 10.9. The van der Waals surface area contributed by atoms with Crippen molar-refractivity contribution in [1.29, 1.82) is 0 Å². The van der Waals surface area contributed by atoms with E-state index in [0.29, 0.717) is 5.75 Å². The van der Waals surface area contributed by atoms with Crippen LogP contribution in [0, 0.1) is 17.0 Å². The molecule has 0 unspecified atom stereocenters. The highest BCUT2D eigenvalue weighted by atomic mass is 16.6. The number of rotatable bonds is 2. The Bertz CT molecular complexity index is 392. The van der Waals surface area contributed by atoms with Gasteiger partial charge in [-0.1, -0.05) is 0 Å². The minimum atomic E-state index is -0.344. The van der Waals surface area contributed by atoms with Gasteiger partial charge in [-0.25, -0.2) is 0 Å². The molecule has 0 saturated heterocycles. The van der Waals surface area contributed by atoms with E-state index in [-0.39, 0.29) is 10.6 Å². The summed E-state index contributed by atoms with van der Waals surface area (Å²) in [6.45, 7) is 2.73. The largest absolute Gasteiger partial charge is 0.489 e. The minimum absolute atomic E-state index is 0.155. The lowest BCUT2D eigenvalue weighted by atomic mass is 10.2. The topological polar surface area (TPSA) is 57.3 Å². The molecule has 0 atom stereocenters. The van der Waals surface area contributed by atoms with Gasteiger partial charge in [-0.15, -0.1) is 0 Å². The van der Waals surface area contributed by atoms with E-state index in [2.05, 4.69) is 0 Å². The molecule has 0 amide bonds. The lowest BCUT2D eigenvalue weighted by Gasteiger charge is -2.00. The summed E-state index contributed by atoms with van der Waals surface area (Å²) >= 11 is 0. The zero-order chi connectivity index (χ0) is 10.3. The van der Waals surface area contributed by atoms with Crippen LogP contribution in [0.3, 0.4) is 0 Å². The minimum Gasteiger partial charge on any atom is -0.489 e. The van der Waals surface area contributed by atoms with Gasteiger partial charge in [0.15, 0.2) is 0 Å². The maximum atomic E-state index is 10.9. The van der Waals surface area contributed by atoms with Crippen LogP contribution in [-0.2, 0) is 13.0 Å². The van der Waals surface area contributed by atoms with Crippen LogP contribution in [0.15, 0.2) is 0 Å². The summed E-state index contributed by atoms with van der Waals surface area (Å²) in [6, 6.07) is 0. The van der Waals surface area contributed by atoms with Crippen molar-refractivity contribution in [3.63, 3.8) is 0 Å². The molecular weight excluding hydrogens is 184 g/mol. The molecule has 5 heteroatoms. The third kappa shape index (κ3) is 1.01. The first kappa shape index (κ1) is 9.05. The Labute approximate surface area is 81.4 Å². The molecule has 1 aromatic heterocycles. The van der Waals surface area contributed by atoms with Gasteiger partial charge in [0.25, 0.3) is 0 Å². The van der Waals surface area contributed by atoms with Gasteiger partial charge in [0.2, 0.25) is 5.75 Å². The van der Waals surface area contributed by atoms with Crippen molar-refractivity contribution in [3.8, 4) is 5.75 Å². The summed E-state index contributed by atoms with van der Waals surface area (Å²) in [6.07, 6.45) is 1.77. The SMILES string of the molecule is COc1c([N+](=O)[O-])c2n(c1C)CCC2. The van der Waals surface area contributed by atoms with Crippen molar-refractivity contribution in [1.82, 2.24) is 4.57 Å². The zero-order valence-electron chi connectivity index (χ0n) is 8.24. The predicted octanol–water partition coefficient (Wildman–Crippen LogP) is 1.66. The van der Waals surface area contributed by atoms with Gasteiger partial charge >= 0.3 is 5.69 Å². The molecule has 0 fully saturated rings. The summed E-state index contributed by atoms with van der Waals surface area (Å²) in [5.74, 6) is 0.421. The molecule has 5 nitrogen and oxygen atoms in total. The standard InChI is InChI=1S/C9H12N2O3/c1-6-9(14-2)8(11(12)13)7-4-3-5-10(6)7/h3-5H2,1-2H3. The highest BCUT2D eigenvalue weighted by molar-refractivity contribution is 5.56. The molecule has 0 saturated carbocycles. The Morgan fingerprint density at radius 3 is 2.86 bits per heavy atom. The molecule has 1 aliphatic heterocycles. The fraction of sp³-hybridized carbons (Fsp3) is 0.556. The van der Waals surface area contributed by atoms with Crippen molar-refractivity contribution in [2.24, 2.45) is 0 Å². The predicted molar refractivity (Wildman–Crippen MR) is 50.7 cm³/mol. The molecule has 0 radical (unpaired) electrons. The van der Waals surface area contributed by atoms with E-state index in [9.17, 15) is 10.1 Å². The Hall–Kier alpha value is -1.52. The monoisotopic (exact) mass is 196 g/mol. The van der Waals surface area contributed by atoms with Crippen LogP contribution in [0.5, 0.6) is 5.75 Å². The normalized spacial score (nSPS) is 14.1. The Morgan fingerprint density at radius 1 is 1.57 bits per heavy atom. The number of nitro groups is 1. The van der Waals surface area contributed by atoms with E-state index in [4.69, 9.17) is 4.74 Å². The van der Waals surface area contributed by atoms with Crippen molar-refractivity contribution in [2.75, 3.05) is 7.11 Å². The molecule has 2 rings (SSSR count). The van der Waals surface area contributed by atoms with E-state index in [1.807, 2.05) is 11.5 Å². The molecule has 2 heterocycles. The summed E-state index contributed by atoms with van der Waals surface area (Å²) in [4.78, 5) is 10.5. The zero-order valence-corrected chi connectivity index (χ0v) is 8.24. The van der Waals surface area contributed by atoms with Crippen molar-refractivity contribution in [2.45, 2.75) is 26.3 Å². The van der Waals surface area contributed by atoms with Crippen molar-refractivity contribution < 1.29 is 9.66 Å². The van der Waals surface area contributed by atoms with E-state index < -0.39 is 0 Å². The van der Waals surface area contributed by atoms with Crippen LogP contribution in [0.4, 0.5) is 5.69 Å². The van der Waals surface area contributed by atoms with Crippen LogP contribution in [0.2, 0.25) is 0 Å². The lowest BCUT2D eigenvalue weighted by Crippen LogP contribution is -1.95. The van der Waals surface area contributed by atoms with Gasteiger partial charge in [-0.3, -0.25) is 10.1 Å². The number of ether oxygens (including phenoxy) is 1. The molecule has 0 aromatic carbocycles. The number of aromatic nitrogens is 1. The van der Waals surface area contributed by atoms with Gasteiger partial charge in [0.05, 0.1) is 17.7 Å². The second-order valence-corrected chi connectivity index (χ2v) is 3.43. The first-order valence-electron chi connectivity index (χ1n) is 4.57. The molecule has 76 valence electrons. The highest BCUT2D eigenvalue weighted by Gasteiger charge is 2.32. The first-order chi connectivity index (χ1) is 6.66. The van der Waals surface area contributed by atoms with Crippen LogP contribution >= 0.6 is 0 Å². The van der Waals surface area contributed by atoms with Gasteiger partial charge in [-0.2, -0.15) is 0 Å². The van der Waals surface area contributed by atoms with E-state index in [1.165, 1.54) is 7.11 Å². The second kappa shape index (κ2) is 3.01.